The van der Waals surface area contributed by atoms with Crippen LogP contribution in [0.1, 0.15) is 29.2 Å². The molecule has 0 aliphatic carbocycles. The minimum atomic E-state index is 0.113. The molecule has 0 aliphatic heterocycles. The van der Waals surface area contributed by atoms with Crippen LogP contribution in [-0.4, -0.2) is 7.11 Å². The molecular weight excluding hydrogens is 200 g/mol. The van der Waals surface area contributed by atoms with Gasteiger partial charge in [0, 0.05) is 6.04 Å². The lowest BCUT2D eigenvalue weighted by Gasteiger charge is -2.19. The average molecular weight is 220 g/mol. The molecule has 0 aromatic heterocycles. The zero-order valence-corrected chi connectivity index (χ0v) is 10.2. The summed E-state index contributed by atoms with van der Waals surface area (Å²) in [6.07, 6.45) is 2.67. The summed E-state index contributed by atoms with van der Waals surface area (Å²) in [4.78, 5) is 0. The molecule has 1 unspecified atom stereocenters. The Hall–Kier alpha value is -1.32. The molecule has 3 nitrogen and oxygen atoms in total. The molecule has 0 saturated heterocycles. The highest BCUT2D eigenvalue weighted by atomic mass is 16.5. The number of benzene rings is 1. The summed E-state index contributed by atoms with van der Waals surface area (Å²) < 4.78 is 5.28. The molecule has 1 rings (SSSR count). The predicted octanol–water partition coefficient (Wildman–Crippen LogP) is 2.39. The smallest absolute Gasteiger partial charge is 0.122 e. The first-order chi connectivity index (χ1) is 7.63. The SMILES string of the molecule is C=CCC(NN)c1cc(C)c(OC)cc1C. The van der Waals surface area contributed by atoms with Gasteiger partial charge in [0.2, 0.25) is 0 Å². The number of nitrogens with one attached hydrogen (secondary N) is 1. The van der Waals surface area contributed by atoms with Crippen molar-refractivity contribution in [2.75, 3.05) is 7.11 Å². The number of hydrazine groups is 1. The Balaban J connectivity index is 3.12. The summed E-state index contributed by atoms with van der Waals surface area (Å²) in [6.45, 7) is 7.83. The number of hydrogen-bond acceptors (Lipinski definition) is 3. The molecule has 88 valence electrons. The highest BCUT2D eigenvalue weighted by Crippen LogP contribution is 2.27. The van der Waals surface area contributed by atoms with Gasteiger partial charge in [0.1, 0.15) is 5.75 Å². The van der Waals surface area contributed by atoms with Crippen molar-refractivity contribution in [1.29, 1.82) is 0 Å². The van der Waals surface area contributed by atoms with Gasteiger partial charge >= 0.3 is 0 Å². The fourth-order valence-corrected chi connectivity index (χ4v) is 1.86. The molecular formula is C13H20N2O. The zero-order valence-electron chi connectivity index (χ0n) is 10.2. The van der Waals surface area contributed by atoms with E-state index in [0.717, 1.165) is 17.7 Å². The molecule has 0 radical (unpaired) electrons. The molecule has 0 heterocycles. The Morgan fingerprint density at radius 2 is 2.12 bits per heavy atom. The van der Waals surface area contributed by atoms with E-state index in [9.17, 15) is 0 Å². The van der Waals surface area contributed by atoms with E-state index in [2.05, 4.69) is 25.0 Å². The molecule has 0 saturated carbocycles. The van der Waals surface area contributed by atoms with Gasteiger partial charge in [-0.1, -0.05) is 12.1 Å². The van der Waals surface area contributed by atoms with Gasteiger partial charge in [-0.15, -0.1) is 6.58 Å². The lowest BCUT2D eigenvalue weighted by molar-refractivity contribution is 0.410. The van der Waals surface area contributed by atoms with Crippen molar-refractivity contribution in [3.63, 3.8) is 0 Å². The summed E-state index contributed by atoms with van der Waals surface area (Å²) >= 11 is 0. The van der Waals surface area contributed by atoms with Crippen LogP contribution < -0.4 is 16.0 Å². The fraction of sp³-hybridized carbons (Fsp3) is 0.385. The average Bonchev–Trinajstić information content (AvgIpc) is 2.28. The van der Waals surface area contributed by atoms with Crippen LogP contribution in [0, 0.1) is 13.8 Å². The lowest BCUT2D eigenvalue weighted by atomic mass is 9.96. The number of aryl methyl sites for hydroxylation is 2. The minimum absolute atomic E-state index is 0.113. The van der Waals surface area contributed by atoms with Crippen LogP contribution in [-0.2, 0) is 0 Å². The summed E-state index contributed by atoms with van der Waals surface area (Å²) in [5.41, 5.74) is 6.30. The van der Waals surface area contributed by atoms with Crippen molar-refractivity contribution >= 4 is 0 Å². The van der Waals surface area contributed by atoms with Gasteiger partial charge in [-0.3, -0.25) is 11.3 Å². The maximum Gasteiger partial charge on any atom is 0.122 e. The Morgan fingerprint density at radius 1 is 1.44 bits per heavy atom. The molecule has 3 N–H and O–H groups in total. The minimum Gasteiger partial charge on any atom is -0.496 e. The van der Waals surface area contributed by atoms with Gasteiger partial charge in [-0.2, -0.15) is 0 Å². The number of hydrogen-bond donors (Lipinski definition) is 2. The third-order valence-electron chi connectivity index (χ3n) is 2.76. The highest BCUT2D eigenvalue weighted by molar-refractivity contribution is 5.43. The normalized spacial score (nSPS) is 12.2. The third-order valence-corrected chi connectivity index (χ3v) is 2.76. The van der Waals surface area contributed by atoms with Crippen molar-refractivity contribution in [3.05, 3.63) is 41.5 Å². The standard InChI is InChI=1S/C13H20N2O/c1-5-6-12(15-14)11-7-10(3)13(16-4)8-9(11)2/h5,7-8,12,15H,1,6,14H2,2-4H3. The number of rotatable bonds is 5. The summed E-state index contributed by atoms with van der Waals surface area (Å²) in [5.74, 6) is 6.46. The van der Waals surface area contributed by atoms with E-state index < -0.39 is 0 Å². The van der Waals surface area contributed by atoms with E-state index in [1.807, 2.05) is 19.1 Å². The van der Waals surface area contributed by atoms with Crippen LogP contribution in [0.4, 0.5) is 0 Å². The number of methoxy groups -OCH3 is 1. The molecule has 16 heavy (non-hydrogen) atoms. The van der Waals surface area contributed by atoms with E-state index in [1.54, 1.807) is 7.11 Å². The largest absolute Gasteiger partial charge is 0.496 e. The first-order valence-corrected chi connectivity index (χ1v) is 5.36. The van der Waals surface area contributed by atoms with Crippen LogP contribution in [0.15, 0.2) is 24.8 Å². The van der Waals surface area contributed by atoms with Crippen molar-refractivity contribution in [1.82, 2.24) is 5.43 Å². The van der Waals surface area contributed by atoms with Crippen LogP contribution >= 0.6 is 0 Å². The lowest BCUT2D eigenvalue weighted by Crippen LogP contribution is -2.28. The van der Waals surface area contributed by atoms with E-state index >= 15 is 0 Å². The predicted molar refractivity (Wildman–Crippen MR) is 67.3 cm³/mol. The topological polar surface area (TPSA) is 47.3 Å². The van der Waals surface area contributed by atoms with Crippen molar-refractivity contribution in [3.8, 4) is 5.75 Å². The van der Waals surface area contributed by atoms with Gasteiger partial charge in [0.25, 0.3) is 0 Å². The van der Waals surface area contributed by atoms with E-state index in [1.165, 1.54) is 11.1 Å². The summed E-state index contributed by atoms with van der Waals surface area (Å²) in [6, 6.07) is 4.27. The molecule has 3 heteroatoms. The van der Waals surface area contributed by atoms with Gasteiger partial charge in [0.15, 0.2) is 0 Å². The Kier molecular flexibility index (Phi) is 4.52. The second kappa shape index (κ2) is 5.68. The zero-order chi connectivity index (χ0) is 12.1. The van der Waals surface area contributed by atoms with Gasteiger partial charge < -0.3 is 4.74 Å². The summed E-state index contributed by atoms with van der Waals surface area (Å²) in [5, 5.41) is 0. The molecule has 1 aromatic rings. The number of nitrogens with two attached hydrogens (primary N) is 1. The second-order valence-corrected chi connectivity index (χ2v) is 3.92. The van der Waals surface area contributed by atoms with Crippen molar-refractivity contribution in [2.24, 2.45) is 5.84 Å². The van der Waals surface area contributed by atoms with Crippen LogP contribution in [0.3, 0.4) is 0 Å². The van der Waals surface area contributed by atoms with E-state index in [-0.39, 0.29) is 6.04 Å². The Labute approximate surface area is 97.3 Å². The van der Waals surface area contributed by atoms with Gasteiger partial charge in [0.05, 0.1) is 7.11 Å². The molecule has 0 bridgehead atoms. The summed E-state index contributed by atoms with van der Waals surface area (Å²) in [7, 11) is 1.68. The first-order valence-electron chi connectivity index (χ1n) is 5.36. The molecule has 1 atom stereocenters. The number of ether oxygens (including phenoxy) is 1. The van der Waals surface area contributed by atoms with Crippen molar-refractivity contribution in [2.45, 2.75) is 26.3 Å². The highest BCUT2D eigenvalue weighted by Gasteiger charge is 2.12. The molecule has 0 aliphatic rings. The van der Waals surface area contributed by atoms with Crippen LogP contribution in [0.5, 0.6) is 5.75 Å². The Morgan fingerprint density at radius 3 is 2.62 bits per heavy atom. The monoisotopic (exact) mass is 220 g/mol. The molecule has 0 fully saturated rings. The van der Waals surface area contributed by atoms with E-state index in [4.69, 9.17) is 10.6 Å². The molecule has 0 amide bonds. The maximum absolute atomic E-state index is 5.55. The van der Waals surface area contributed by atoms with Crippen LogP contribution in [0.2, 0.25) is 0 Å². The first kappa shape index (κ1) is 12.7. The van der Waals surface area contributed by atoms with Crippen molar-refractivity contribution < 1.29 is 4.74 Å². The maximum atomic E-state index is 5.55. The Bertz CT molecular complexity index is 374. The van der Waals surface area contributed by atoms with E-state index in [0.29, 0.717) is 0 Å². The second-order valence-electron chi connectivity index (χ2n) is 3.92. The van der Waals surface area contributed by atoms with Gasteiger partial charge in [-0.25, -0.2) is 0 Å². The fourth-order valence-electron chi connectivity index (χ4n) is 1.86. The van der Waals surface area contributed by atoms with Crippen LogP contribution in [0.25, 0.3) is 0 Å². The quantitative estimate of drug-likeness (QED) is 0.455. The molecule has 1 aromatic carbocycles. The third kappa shape index (κ3) is 2.62. The van der Waals surface area contributed by atoms with Gasteiger partial charge in [-0.05, 0) is 43.0 Å². The molecule has 0 spiro atoms.